The number of aromatic nitrogens is 2. The fraction of sp³-hybridized carbons (Fsp3) is 0.240. The van der Waals surface area contributed by atoms with Gasteiger partial charge < -0.3 is 14.6 Å². The van der Waals surface area contributed by atoms with Crippen LogP contribution in [-0.4, -0.2) is 44.4 Å². The van der Waals surface area contributed by atoms with Gasteiger partial charge in [-0.05, 0) is 43.3 Å². The molecule has 0 aliphatic heterocycles. The number of fused-ring (bicyclic) bond motifs is 1. The molecule has 0 fully saturated rings. The van der Waals surface area contributed by atoms with Crippen molar-refractivity contribution in [2.45, 2.75) is 30.8 Å². The third-order valence-electron chi connectivity index (χ3n) is 5.56. The SMILES string of the molecule is C[C@H](NS(=O)(=O)c1cc2cc(F)ccc2o1)C(=O)NCc1cc(-c2ccc(C(F)(F)F)cc2)nc(N(C)C)n1. The van der Waals surface area contributed by atoms with Crippen LogP contribution in [0.5, 0.6) is 0 Å². The maximum atomic E-state index is 13.4. The fourth-order valence-electron chi connectivity index (χ4n) is 3.55. The van der Waals surface area contributed by atoms with E-state index in [0.29, 0.717) is 17.0 Å². The third kappa shape index (κ3) is 6.52. The maximum absolute atomic E-state index is 13.4. The van der Waals surface area contributed by atoms with Gasteiger partial charge in [-0.1, -0.05) is 12.1 Å². The molecule has 1 amide bonds. The minimum Gasteiger partial charge on any atom is -0.443 e. The number of alkyl halides is 3. The van der Waals surface area contributed by atoms with Crippen molar-refractivity contribution in [2.75, 3.05) is 19.0 Å². The first kappa shape index (κ1) is 28.0. The number of nitrogens with one attached hydrogen (secondary N) is 2. The number of carbonyl (C=O) groups excluding carboxylic acids is 1. The summed E-state index contributed by atoms with van der Waals surface area (Å²) in [6.07, 6.45) is -4.48. The Balaban J connectivity index is 1.47. The molecule has 4 aromatic rings. The highest BCUT2D eigenvalue weighted by atomic mass is 32.2. The van der Waals surface area contributed by atoms with Crippen LogP contribution in [0, 0.1) is 5.82 Å². The molecule has 0 spiro atoms. The molecule has 14 heteroatoms. The Hall–Kier alpha value is -4.04. The van der Waals surface area contributed by atoms with Crippen LogP contribution < -0.4 is 14.9 Å². The smallest absolute Gasteiger partial charge is 0.416 e. The van der Waals surface area contributed by atoms with E-state index in [0.717, 1.165) is 30.3 Å². The summed E-state index contributed by atoms with van der Waals surface area (Å²) >= 11 is 0. The van der Waals surface area contributed by atoms with Crippen molar-refractivity contribution in [3.63, 3.8) is 0 Å². The Morgan fingerprint density at radius 3 is 2.38 bits per heavy atom. The number of amides is 1. The van der Waals surface area contributed by atoms with Gasteiger partial charge in [0.25, 0.3) is 10.0 Å². The summed E-state index contributed by atoms with van der Waals surface area (Å²) in [5, 5.41) is 2.35. The second-order valence-electron chi connectivity index (χ2n) is 8.82. The lowest BCUT2D eigenvalue weighted by atomic mass is 10.1. The molecule has 4 rings (SSSR count). The predicted octanol–water partition coefficient (Wildman–Crippen LogP) is 4.10. The number of halogens is 4. The summed E-state index contributed by atoms with van der Waals surface area (Å²) < 4.78 is 85.1. The molecule has 0 bridgehead atoms. The minimum atomic E-state index is -4.48. The molecule has 206 valence electrons. The zero-order valence-electron chi connectivity index (χ0n) is 20.9. The van der Waals surface area contributed by atoms with Crippen molar-refractivity contribution in [1.29, 1.82) is 0 Å². The van der Waals surface area contributed by atoms with Gasteiger partial charge in [-0.2, -0.15) is 17.9 Å². The Kier molecular flexibility index (Phi) is 7.61. The van der Waals surface area contributed by atoms with Crippen LogP contribution in [0.3, 0.4) is 0 Å². The molecule has 0 aliphatic carbocycles. The molecule has 0 saturated carbocycles. The summed E-state index contributed by atoms with van der Waals surface area (Å²) in [4.78, 5) is 23.0. The molecule has 1 atom stereocenters. The highest BCUT2D eigenvalue weighted by molar-refractivity contribution is 7.89. The van der Waals surface area contributed by atoms with E-state index in [9.17, 15) is 30.8 Å². The first-order chi connectivity index (χ1) is 18.2. The Morgan fingerprint density at radius 1 is 1.05 bits per heavy atom. The summed E-state index contributed by atoms with van der Waals surface area (Å²) in [5.74, 6) is -0.981. The Morgan fingerprint density at radius 2 is 1.74 bits per heavy atom. The number of rotatable bonds is 8. The van der Waals surface area contributed by atoms with Gasteiger partial charge in [0.05, 0.1) is 29.5 Å². The molecule has 2 N–H and O–H groups in total. The van der Waals surface area contributed by atoms with Gasteiger partial charge in [0.2, 0.25) is 16.9 Å². The molecule has 0 radical (unpaired) electrons. The van der Waals surface area contributed by atoms with E-state index in [1.54, 1.807) is 19.0 Å². The molecule has 9 nitrogen and oxygen atoms in total. The van der Waals surface area contributed by atoms with Crippen molar-refractivity contribution in [3.8, 4) is 11.3 Å². The number of furan rings is 1. The zero-order valence-corrected chi connectivity index (χ0v) is 21.7. The topological polar surface area (TPSA) is 117 Å². The average Bonchev–Trinajstić information content (AvgIpc) is 3.30. The van der Waals surface area contributed by atoms with E-state index in [2.05, 4.69) is 20.0 Å². The molecule has 2 aromatic carbocycles. The number of anilines is 1. The number of hydrogen-bond donors (Lipinski definition) is 2. The van der Waals surface area contributed by atoms with Crippen LogP contribution >= 0.6 is 0 Å². The van der Waals surface area contributed by atoms with Crippen molar-refractivity contribution in [2.24, 2.45) is 0 Å². The van der Waals surface area contributed by atoms with Crippen molar-refractivity contribution < 1.29 is 35.2 Å². The Bertz CT molecular complexity index is 1620. The molecule has 2 heterocycles. The summed E-state index contributed by atoms with van der Waals surface area (Å²) in [6.45, 7) is 1.21. The lowest BCUT2D eigenvalue weighted by molar-refractivity contribution is -0.137. The quantitative estimate of drug-likeness (QED) is 0.309. The highest BCUT2D eigenvalue weighted by Gasteiger charge is 2.30. The predicted molar refractivity (Wildman–Crippen MR) is 135 cm³/mol. The standard InChI is InChI=1S/C25H23F4N5O4S/c1-14(33-39(36,37)22-11-16-10-18(26)8-9-21(16)38-22)23(35)30-13-19-12-20(32-24(31-19)34(2)3)15-4-6-17(7-5-15)25(27,28)29/h4-12,14,33H,13H2,1-3H3,(H,30,35)/t14-/m0/s1. The molecule has 0 aliphatic rings. The minimum absolute atomic E-state index is 0.119. The molecule has 2 aromatic heterocycles. The van der Waals surface area contributed by atoms with Gasteiger partial charge in [0.1, 0.15) is 11.4 Å². The first-order valence-corrected chi connectivity index (χ1v) is 12.9. The van der Waals surface area contributed by atoms with Crippen LogP contribution in [0.1, 0.15) is 18.2 Å². The lowest BCUT2D eigenvalue weighted by Crippen LogP contribution is -2.44. The fourth-order valence-corrected chi connectivity index (χ4v) is 4.72. The highest BCUT2D eigenvalue weighted by Crippen LogP contribution is 2.31. The van der Waals surface area contributed by atoms with Crippen molar-refractivity contribution in [1.82, 2.24) is 20.0 Å². The Labute approximate surface area is 220 Å². The first-order valence-electron chi connectivity index (χ1n) is 11.4. The van der Waals surface area contributed by atoms with Gasteiger partial charge in [-0.3, -0.25) is 4.79 Å². The van der Waals surface area contributed by atoms with Crippen LogP contribution in [0.2, 0.25) is 0 Å². The number of hydrogen-bond acceptors (Lipinski definition) is 7. The van der Waals surface area contributed by atoms with Crippen LogP contribution in [-0.2, 0) is 27.5 Å². The number of benzene rings is 2. The molecule has 39 heavy (non-hydrogen) atoms. The summed E-state index contributed by atoms with van der Waals surface area (Å²) in [5.41, 5.74) is 0.450. The van der Waals surface area contributed by atoms with Gasteiger partial charge in [0.15, 0.2) is 0 Å². The number of carbonyl (C=O) groups is 1. The molecular formula is C25H23F4N5O4S. The van der Waals surface area contributed by atoms with Crippen molar-refractivity contribution in [3.05, 3.63) is 71.7 Å². The van der Waals surface area contributed by atoms with Gasteiger partial charge >= 0.3 is 6.18 Å². The van der Waals surface area contributed by atoms with E-state index < -0.39 is 44.6 Å². The summed E-state index contributed by atoms with van der Waals surface area (Å²) in [7, 11) is -0.893. The van der Waals surface area contributed by atoms with Crippen LogP contribution in [0.15, 0.2) is 64.1 Å². The van der Waals surface area contributed by atoms with Crippen molar-refractivity contribution >= 4 is 32.8 Å². The van der Waals surface area contributed by atoms with Gasteiger partial charge in [-0.15, -0.1) is 0 Å². The maximum Gasteiger partial charge on any atom is 0.416 e. The average molecular weight is 566 g/mol. The van der Waals surface area contributed by atoms with Crippen LogP contribution in [0.4, 0.5) is 23.5 Å². The lowest BCUT2D eigenvalue weighted by Gasteiger charge is -2.16. The normalized spacial score (nSPS) is 12.9. The molecule has 0 saturated heterocycles. The second kappa shape index (κ2) is 10.6. The number of nitrogens with zero attached hydrogens (tertiary/aromatic N) is 3. The van der Waals surface area contributed by atoms with Crippen LogP contribution in [0.25, 0.3) is 22.2 Å². The van der Waals surface area contributed by atoms with E-state index in [4.69, 9.17) is 4.42 Å². The monoisotopic (exact) mass is 565 g/mol. The summed E-state index contributed by atoms with van der Waals surface area (Å²) in [6, 6.07) is 9.45. The number of sulfonamides is 1. The zero-order chi connectivity index (χ0) is 28.5. The van der Waals surface area contributed by atoms with E-state index in [1.807, 2.05) is 0 Å². The third-order valence-corrected chi connectivity index (χ3v) is 6.96. The van der Waals surface area contributed by atoms with Gasteiger partial charge in [-0.25, -0.2) is 22.8 Å². The molecule has 0 unspecified atom stereocenters. The second-order valence-corrected chi connectivity index (χ2v) is 10.5. The largest absolute Gasteiger partial charge is 0.443 e. The van der Waals surface area contributed by atoms with Gasteiger partial charge in [0, 0.05) is 31.1 Å². The van der Waals surface area contributed by atoms with E-state index >= 15 is 0 Å². The molecular weight excluding hydrogens is 542 g/mol. The van der Waals surface area contributed by atoms with E-state index in [-0.39, 0.29) is 23.5 Å². The van der Waals surface area contributed by atoms with E-state index in [1.165, 1.54) is 31.2 Å².